The molecule has 2 fully saturated rings. The number of piperidine rings is 1. The highest BCUT2D eigenvalue weighted by molar-refractivity contribution is 5.80. The first-order valence-electron chi connectivity index (χ1n) is 9.74. The van der Waals surface area contributed by atoms with Gasteiger partial charge < -0.3 is 20.4 Å². The van der Waals surface area contributed by atoms with Crippen molar-refractivity contribution in [3.05, 3.63) is 0 Å². The number of likely N-dealkylation sites (tertiary alicyclic amines) is 2. The molecule has 2 saturated heterocycles. The zero-order valence-electron chi connectivity index (χ0n) is 15.5. The zero-order valence-corrected chi connectivity index (χ0v) is 15.5. The molecule has 2 rings (SSSR count). The van der Waals surface area contributed by atoms with Crippen LogP contribution in [0.25, 0.3) is 0 Å². The highest BCUT2D eigenvalue weighted by Gasteiger charge is 2.22. The number of nitrogens with one attached hydrogen (secondary N) is 2. The fourth-order valence-electron chi connectivity index (χ4n) is 3.70. The van der Waals surface area contributed by atoms with Crippen LogP contribution in [0.4, 0.5) is 0 Å². The molecule has 2 aliphatic rings. The summed E-state index contributed by atoms with van der Waals surface area (Å²) < 4.78 is 0. The van der Waals surface area contributed by atoms with E-state index < -0.39 is 0 Å². The molecule has 5 nitrogen and oxygen atoms in total. The van der Waals surface area contributed by atoms with Crippen molar-refractivity contribution in [3.63, 3.8) is 0 Å². The van der Waals surface area contributed by atoms with Crippen LogP contribution in [0.1, 0.15) is 46.5 Å². The van der Waals surface area contributed by atoms with E-state index in [0.717, 1.165) is 25.0 Å². The van der Waals surface area contributed by atoms with Crippen LogP contribution in [-0.2, 0) is 0 Å². The number of guanidine groups is 1. The van der Waals surface area contributed by atoms with Gasteiger partial charge in [-0.25, -0.2) is 0 Å². The maximum Gasteiger partial charge on any atom is 0.191 e. The molecule has 2 aliphatic heterocycles. The first kappa shape index (κ1) is 18.5. The summed E-state index contributed by atoms with van der Waals surface area (Å²) in [6, 6.07) is 0.580. The Morgan fingerprint density at radius 1 is 1.04 bits per heavy atom. The fourth-order valence-corrected chi connectivity index (χ4v) is 3.70. The molecule has 0 bridgehead atoms. The molecule has 2 N–H and O–H groups in total. The number of nitrogens with zero attached hydrogens (tertiary/aromatic N) is 3. The smallest absolute Gasteiger partial charge is 0.191 e. The summed E-state index contributed by atoms with van der Waals surface area (Å²) in [5.74, 6) is 1.76. The fraction of sp³-hybridized carbons (Fsp3) is 0.944. The Bertz CT molecular complexity index is 349. The normalized spacial score (nSPS) is 25.0. The van der Waals surface area contributed by atoms with E-state index in [1.807, 2.05) is 0 Å². The van der Waals surface area contributed by atoms with E-state index >= 15 is 0 Å². The molecular weight excluding hydrogens is 286 g/mol. The molecule has 0 aromatic rings. The van der Waals surface area contributed by atoms with Gasteiger partial charge in [0.15, 0.2) is 5.96 Å². The van der Waals surface area contributed by atoms with Crippen molar-refractivity contribution in [3.8, 4) is 0 Å². The van der Waals surface area contributed by atoms with Crippen LogP contribution in [0.15, 0.2) is 4.99 Å². The maximum atomic E-state index is 4.87. The van der Waals surface area contributed by atoms with Gasteiger partial charge >= 0.3 is 0 Å². The number of rotatable bonds is 7. The van der Waals surface area contributed by atoms with Crippen LogP contribution in [0.2, 0.25) is 0 Å². The van der Waals surface area contributed by atoms with E-state index in [2.05, 4.69) is 41.2 Å². The molecule has 5 heteroatoms. The monoisotopic (exact) mass is 323 g/mol. The third kappa shape index (κ3) is 6.30. The van der Waals surface area contributed by atoms with E-state index in [9.17, 15) is 0 Å². The Morgan fingerprint density at radius 2 is 1.78 bits per heavy atom. The summed E-state index contributed by atoms with van der Waals surface area (Å²) in [5.41, 5.74) is 0. The topological polar surface area (TPSA) is 42.9 Å². The summed E-state index contributed by atoms with van der Waals surface area (Å²) in [5, 5.41) is 7.09. The average molecular weight is 324 g/mol. The second kappa shape index (κ2) is 10.1. The van der Waals surface area contributed by atoms with E-state index in [0.29, 0.717) is 6.04 Å². The van der Waals surface area contributed by atoms with Gasteiger partial charge in [-0.2, -0.15) is 0 Å². The van der Waals surface area contributed by atoms with Gasteiger partial charge in [-0.1, -0.05) is 13.8 Å². The van der Waals surface area contributed by atoms with Gasteiger partial charge in [0.1, 0.15) is 0 Å². The van der Waals surface area contributed by atoms with Crippen molar-refractivity contribution >= 4 is 5.96 Å². The summed E-state index contributed by atoms with van der Waals surface area (Å²) in [4.78, 5) is 9.98. The molecule has 23 heavy (non-hydrogen) atoms. The van der Waals surface area contributed by atoms with Crippen LogP contribution < -0.4 is 10.6 Å². The third-order valence-electron chi connectivity index (χ3n) is 5.14. The van der Waals surface area contributed by atoms with Crippen LogP contribution >= 0.6 is 0 Å². The first-order valence-corrected chi connectivity index (χ1v) is 9.74. The number of hydrogen-bond donors (Lipinski definition) is 2. The molecule has 0 aromatic carbocycles. The van der Waals surface area contributed by atoms with Gasteiger partial charge in [0.05, 0.1) is 0 Å². The SMILES string of the molecule is CCCN1CCC(NC(=NCC2CCN(CC)C2)NCC)CC1. The van der Waals surface area contributed by atoms with E-state index in [-0.39, 0.29) is 0 Å². The average Bonchev–Trinajstić information content (AvgIpc) is 3.03. The lowest BCUT2D eigenvalue weighted by Crippen LogP contribution is -2.48. The zero-order chi connectivity index (χ0) is 16.5. The van der Waals surface area contributed by atoms with E-state index in [1.165, 1.54) is 65.0 Å². The van der Waals surface area contributed by atoms with Gasteiger partial charge in [0, 0.05) is 38.8 Å². The number of hydrogen-bond acceptors (Lipinski definition) is 3. The Balaban J connectivity index is 1.76. The van der Waals surface area contributed by atoms with Crippen molar-refractivity contribution in [2.45, 2.75) is 52.5 Å². The van der Waals surface area contributed by atoms with Crippen LogP contribution in [0.3, 0.4) is 0 Å². The van der Waals surface area contributed by atoms with Crippen molar-refractivity contribution in [2.24, 2.45) is 10.9 Å². The molecule has 0 amide bonds. The minimum absolute atomic E-state index is 0.580. The molecule has 0 aliphatic carbocycles. The minimum atomic E-state index is 0.580. The minimum Gasteiger partial charge on any atom is -0.357 e. The molecule has 0 aromatic heterocycles. The lowest BCUT2D eigenvalue weighted by Gasteiger charge is -2.32. The molecule has 0 radical (unpaired) electrons. The van der Waals surface area contributed by atoms with Gasteiger partial charge in [-0.05, 0) is 58.2 Å². The standard InChI is InChI=1S/C18H37N5/c1-4-10-23-12-8-17(9-13-23)21-18(19-5-2)20-14-16-7-11-22(6-3)15-16/h16-17H,4-15H2,1-3H3,(H2,19,20,21). The van der Waals surface area contributed by atoms with Crippen LogP contribution in [0, 0.1) is 5.92 Å². The van der Waals surface area contributed by atoms with Gasteiger partial charge in [-0.15, -0.1) is 0 Å². The highest BCUT2D eigenvalue weighted by atomic mass is 15.2. The van der Waals surface area contributed by atoms with Gasteiger partial charge in [0.25, 0.3) is 0 Å². The lowest BCUT2D eigenvalue weighted by atomic mass is 10.1. The summed E-state index contributed by atoms with van der Waals surface area (Å²) >= 11 is 0. The van der Waals surface area contributed by atoms with Crippen molar-refractivity contribution < 1.29 is 0 Å². The maximum absolute atomic E-state index is 4.87. The molecule has 1 atom stereocenters. The molecule has 1 unspecified atom stereocenters. The first-order chi connectivity index (χ1) is 11.2. The quantitative estimate of drug-likeness (QED) is 0.553. The summed E-state index contributed by atoms with van der Waals surface area (Å²) in [6.07, 6.45) is 5.03. The number of aliphatic imine (C=N–C) groups is 1. The summed E-state index contributed by atoms with van der Waals surface area (Å²) in [7, 11) is 0. The van der Waals surface area contributed by atoms with Gasteiger partial charge in [0.2, 0.25) is 0 Å². The Kier molecular flexibility index (Phi) is 8.17. The molecule has 0 spiro atoms. The molecular formula is C18H37N5. The van der Waals surface area contributed by atoms with Crippen LogP contribution in [0.5, 0.6) is 0 Å². The van der Waals surface area contributed by atoms with Crippen LogP contribution in [-0.4, -0.2) is 74.2 Å². The van der Waals surface area contributed by atoms with E-state index in [4.69, 9.17) is 4.99 Å². The Labute approximate surface area is 142 Å². The second-order valence-electron chi connectivity index (χ2n) is 7.03. The van der Waals surface area contributed by atoms with Crippen molar-refractivity contribution in [1.82, 2.24) is 20.4 Å². The highest BCUT2D eigenvalue weighted by Crippen LogP contribution is 2.16. The Hall–Kier alpha value is -0.810. The molecule has 2 heterocycles. The second-order valence-corrected chi connectivity index (χ2v) is 7.03. The van der Waals surface area contributed by atoms with E-state index in [1.54, 1.807) is 0 Å². The largest absolute Gasteiger partial charge is 0.357 e. The Morgan fingerprint density at radius 3 is 2.39 bits per heavy atom. The predicted molar refractivity (Wildman–Crippen MR) is 99.1 cm³/mol. The molecule has 0 saturated carbocycles. The van der Waals surface area contributed by atoms with Crippen molar-refractivity contribution in [1.29, 1.82) is 0 Å². The van der Waals surface area contributed by atoms with Crippen molar-refractivity contribution in [2.75, 3.05) is 52.4 Å². The van der Waals surface area contributed by atoms with Gasteiger partial charge in [-0.3, -0.25) is 4.99 Å². The lowest BCUT2D eigenvalue weighted by molar-refractivity contribution is 0.206. The summed E-state index contributed by atoms with van der Waals surface area (Å²) in [6.45, 7) is 15.9. The predicted octanol–water partition coefficient (Wildman–Crippen LogP) is 1.76. The third-order valence-corrected chi connectivity index (χ3v) is 5.14. The molecule has 134 valence electrons.